The lowest BCUT2D eigenvalue weighted by Crippen LogP contribution is -2.46. The number of likely N-dealkylation sites (N-methyl/N-ethyl adjacent to an activating group) is 1. The van der Waals surface area contributed by atoms with Crippen molar-refractivity contribution in [1.82, 2.24) is 29.6 Å². The summed E-state index contributed by atoms with van der Waals surface area (Å²) in [5.74, 6) is 2.94. The molecule has 8 nitrogen and oxygen atoms in total. The maximum atomic E-state index is 5.11. The molecule has 27 heavy (non-hydrogen) atoms. The van der Waals surface area contributed by atoms with Crippen molar-refractivity contribution in [1.29, 1.82) is 0 Å². The molecule has 8 heteroatoms. The van der Waals surface area contributed by atoms with Gasteiger partial charge in [0.2, 0.25) is 5.95 Å². The predicted octanol–water partition coefficient (Wildman–Crippen LogP) is 2.02. The summed E-state index contributed by atoms with van der Waals surface area (Å²) in [6, 6.07) is 0.771. The second-order valence-electron chi connectivity index (χ2n) is 8.00. The zero-order valence-electron chi connectivity index (χ0n) is 16.3. The highest BCUT2D eigenvalue weighted by atomic mass is 15.4. The zero-order chi connectivity index (χ0) is 18.4. The van der Waals surface area contributed by atoms with Crippen molar-refractivity contribution in [2.45, 2.75) is 51.1 Å². The standard InChI is InChI=1S/C19H28N8/c1-3-15-18-23-21-13-26(18)16-12-20-19(25-10-8-24(2)9-11-25)22-17(16)27(15)14-6-4-5-7-14/h12-15H,3-11H2,1-2H3. The molecule has 1 aliphatic carbocycles. The molecular formula is C19H28N8. The second-order valence-corrected chi connectivity index (χ2v) is 8.00. The molecule has 1 unspecified atom stereocenters. The third kappa shape index (κ3) is 2.77. The quantitative estimate of drug-likeness (QED) is 0.821. The van der Waals surface area contributed by atoms with Crippen LogP contribution in [0.3, 0.4) is 0 Å². The number of hydrogen-bond donors (Lipinski definition) is 0. The lowest BCUT2D eigenvalue weighted by atomic mass is 10.0. The van der Waals surface area contributed by atoms with Crippen LogP contribution in [0.2, 0.25) is 0 Å². The molecule has 2 fully saturated rings. The van der Waals surface area contributed by atoms with Crippen LogP contribution in [0.1, 0.15) is 50.9 Å². The number of nitrogens with zero attached hydrogens (tertiary/aromatic N) is 8. The van der Waals surface area contributed by atoms with E-state index in [1.807, 2.05) is 12.5 Å². The lowest BCUT2D eigenvalue weighted by molar-refractivity contribution is 0.311. The lowest BCUT2D eigenvalue weighted by Gasteiger charge is -2.41. The molecule has 2 aliphatic heterocycles. The van der Waals surface area contributed by atoms with Gasteiger partial charge in [-0.1, -0.05) is 19.8 Å². The van der Waals surface area contributed by atoms with E-state index in [-0.39, 0.29) is 6.04 Å². The summed E-state index contributed by atoms with van der Waals surface area (Å²) < 4.78 is 2.09. The Bertz CT molecular complexity index is 804. The van der Waals surface area contributed by atoms with Crippen molar-refractivity contribution in [2.24, 2.45) is 0 Å². The fourth-order valence-electron chi connectivity index (χ4n) is 4.79. The van der Waals surface area contributed by atoms with Crippen molar-refractivity contribution in [3.8, 4) is 5.69 Å². The molecule has 1 saturated carbocycles. The first-order chi connectivity index (χ1) is 13.3. The topological polar surface area (TPSA) is 66.2 Å². The largest absolute Gasteiger partial charge is 0.341 e. The molecule has 4 heterocycles. The molecule has 3 aliphatic rings. The van der Waals surface area contributed by atoms with Crippen LogP contribution in [-0.2, 0) is 0 Å². The van der Waals surface area contributed by atoms with Gasteiger partial charge in [0.25, 0.3) is 0 Å². The molecule has 1 saturated heterocycles. The Morgan fingerprint density at radius 2 is 1.89 bits per heavy atom. The summed E-state index contributed by atoms with van der Waals surface area (Å²) >= 11 is 0. The van der Waals surface area contributed by atoms with E-state index in [9.17, 15) is 0 Å². The van der Waals surface area contributed by atoms with Crippen LogP contribution in [0.15, 0.2) is 12.5 Å². The molecule has 2 aromatic rings. The molecule has 144 valence electrons. The van der Waals surface area contributed by atoms with Gasteiger partial charge < -0.3 is 14.7 Å². The van der Waals surface area contributed by atoms with Gasteiger partial charge in [0.1, 0.15) is 12.0 Å². The Hall–Kier alpha value is -2.22. The molecule has 0 bridgehead atoms. The molecule has 0 N–H and O–H groups in total. The van der Waals surface area contributed by atoms with Crippen LogP contribution >= 0.6 is 0 Å². The van der Waals surface area contributed by atoms with E-state index in [1.54, 1.807) is 0 Å². The van der Waals surface area contributed by atoms with Crippen LogP contribution in [-0.4, -0.2) is 68.9 Å². The van der Waals surface area contributed by atoms with E-state index in [0.29, 0.717) is 6.04 Å². The number of piperazine rings is 1. The minimum atomic E-state index is 0.235. The third-order valence-electron chi connectivity index (χ3n) is 6.34. The minimum absolute atomic E-state index is 0.235. The fraction of sp³-hybridized carbons (Fsp3) is 0.684. The smallest absolute Gasteiger partial charge is 0.227 e. The predicted molar refractivity (Wildman–Crippen MR) is 104 cm³/mol. The summed E-state index contributed by atoms with van der Waals surface area (Å²) in [5.41, 5.74) is 1.02. The van der Waals surface area contributed by atoms with Gasteiger partial charge in [-0.15, -0.1) is 10.2 Å². The molecule has 0 spiro atoms. The normalized spacial score (nSPS) is 23.6. The summed E-state index contributed by atoms with van der Waals surface area (Å²) in [7, 11) is 2.17. The molecule has 1 atom stereocenters. The molecule has 0 amide bonds. The Balaban J connectivity index is 1.58. The van der Waals surface area contributed by atoms with E-state index in [4.69, 9.17) is 9.97 Å². The summed E-state index contributed by atoms with van der Waals surface area (Å²) in [4.78, 5) is 17.0. The van der Waals surface area contributed by atoms with Crippen molar-refractivity contribution in [2.75, 3.05) is 43.0 Å². The van der Waals surface area contributed by atoms with Crippen molar-refractivity contribution in [3.63, 3.8) is 0 Å². The maximum absolute atomic E-state index is 5.11. The molecule has 0 aromatic carbocycles. The Morgan fingerprint density at radius 1 is 1.11 bits per heavy atom. The average Bonchev–Trinajstić information content (AvgIpc) is 3.39. The van der Waals surface area contributed by atoms with Crippen LogP contribution in [0.25, 0.3) is 5.69 Å². The van der Waals surface area contributed by atoms with Gasteiger partial charge in [0, 0.05) is 32.2 Å². The van der Waals surface area contributed by atoms with Crippen molar-refractivity contribution < 1.29 is 0 Å². The van der Waals surface area contributed by atoms with Crippen molar-refractivity contribution in [3.05, 3.63) is 18.3 Å². The molecule has 0 radical (unpaired) electrons. The summed E-state index contributed by atoms with van der Waals surface area (Å²) in [6.07, 6.45) is 9.85. The van der Waals surface area contributed by atoms with Gasteiger partial charge in [0.15, 0.2) is 11.6 Å². The van der Waals surface area contributed by atoms with Gasteiger partial charge in [0.05, 0.1) is 12.2 Å². The molecular weight excluding hydrogens is 340 g/mol. The highest BCUT2D eigenvalue weighted by Gasteiger charge is 2.38. The van der Waals surface area contributed by atoms with E-state index >= 15 is 0 Å². The van der Waals surface area contributed by atoms with Gasteiger partial charge in [-0.25, -0.2) is 4.98 Å². The zero-order valence-corrected chi connectivity index (χ0v) is 16.3. The third-order valence-corrected chi connectivity index (χ3v) is 6.34. The van der Waals surface area contributed by atoms with Gasteiger partial charge in [-0.2, -0.15) is 4.98 Å². The first-order valence-electron chi connectivity index (χ1n) is 10.3. The van der Waals surface area contributed by atoms with E-state index in [1.165, 1.54) is 25.7 Å². The second kappa shape index (κ2) is 6.74. The van der Waals surface area contributed by atoms with Crippen molar-refractivity contribution >= 4 is 11.8 Å². The van der Waals surface area contributed by atoms with Crippen LogP contribution in [0.4, 0.5) is 11.8 Å². The van der Waals surface area contributed by atoms with Crippen LogP contribution in [0, 0.1) is 0 Å². The van der Waals surface area contributed by atoms with Crippen LogP contribution < -0.4 is 9.80 Å². The van der Waals surface area contributed by atoms with E-state index < -0.39 is 0 Å². The summed E-state index contributed by atoms with van der Waals surface area (Å²) in [6.45, 7) is 6.31. The number of aromatic nitrogens is 5. The van der Waals surface area contributed by atoms with E-state index in [0.717, 1.165) is 55.9 Å². The Kier molecular flexibility index (Phi) is 4.22. The number of anilines is 2. The SMILES string of the molecule is CCC1c2nncn2-c2cnc(N3CCN(C)CC3)nc2N1C1CCCC1. The van der Waals surface area contributed by atoms with Gasteiger partial charge in [-0.3, -0.25) is 4.57 Å². The maximum Gasteiger partial charge on any atom is 0.227 e. The first-order valence-corrected chi connectivity index (χ1v) is 10.3. The molecule has 5 rings (SSSR count). The summed E-state index contributed by atoms with van der Waals surface area (Å²) in [5, 5.41) is 8.65. The number of hydrogen-bond acceptors (Lipinski definition) is 7. The van der Waals surface area contributed by atoms with E-state index in [2.05, 4.69) is 43.4 Å². The highest BCUT2D eigenvalue weighted by Crippen LogP contribution is 2.42. The monoisotopic (exact) mass is 368 g/mol. The first kappa shape index (κ1) is 16.9. The Morgan fingerprint density at radius 3 is 2.63 bits per heavy atom. The number of fused-ring (bicyclic) bond motifs is 3. The highest BCUT2D eigenvalue weighted by molar-refractivity contribution is 5.63. The fourth-order valence-corrected chi connectivity index (χ4v) is 4.79. The minimum Gasteiger partial charge on any atom is -0.341 e. The van der Waals surface area contributed by atoms with Gasteiger partial charge >= 0.3 is 0 Å². The Labute approximate surface area is 160 Å². The van der Waals surface area contributed by atoms with Crippen LogP contribution in [0.5, 0.6) is 0 Å². The van der Waals surface area contributed by atoms with Gasteiger partial charge in [-0.05, 0) is 26.3 Å². The average molecular weight is 368 g/mol. The molecule has 2 aromatic heterocycles. The number of rotatable bonds is 3.